The maximum Gasteiger partial charge on any atom is 0.143 e. The highest BCUT2D eigenvalue weighted by atomic mass is 32.1. The third kappa shape index (κ3) is 5.40. The molecule has 0 aliphatic carbocycles. The van der Waals surface area contributed by atoms with Gasteiger partial charge in [0.25, 0.3) is 0 Å². The smallest absolute Gasteiger partial charge is 0.143 e. The van der Waals surface area contributed by atoms with Crippen LogP contribution < -0.4 is 4.90 Å². The van der Waals surface area contributed by atoms with Crippen LogP contribution in [0.25, 0.3) is 86.3 Å². The Morgan fingerprint density at radius 1 is 0.345 bits per heavy atom. The van der Waals surface area contributed by atoms with E-state index < -0.39 is 0 Å². The molecule has 0 saturated heterocycles. The van der Waals surface area contributed by atoms with Gasteiger partial charge in [-0.2, -0.15) is 0 Å². The number of furan rings is 1. The lowest BCUT2D eigenvalue weighted by Crippen LogP contribution is -2.10. The zero-order valence-electron chi connectivity index (χ0n) is 29.8. The highest BCUT2D eigenvalue weighted by Gasteiger charge is 2.20. The SMILES string of the molecule is c1ccc(-c2ccc(N(c3cc(-c4cccc5ccccc45)cc(-c4cccc5c4oc4ccccc45)c3)c3ccc4c(c3)sc3ccccc34)cc2)cc1. The van der Waals surface area contributed by atoms with Gasteiger partial charge in [-0.05, 0) is 93.2 Å². The van der Waals surface area contributed by atoms with E-state index in [-0.39, 0.29) is 0 Å². The minimum absolute atomic E-state index is 0.896. The molecule has 2 nitrogen and oxygen atoms in total. The van der Waals surface area contributed by atoms with E-state index in [9.17, 15) is 0 Å². The molecule has 11 rings (SSSR count). The predicted molar refractivity (Wildman–Crippen MR) is 235 cm³/mol. The van der Waals surface area contributed by atoms with E-state index >= 15 is 0 Å². The lowest BCUT2D eigenvalue weighted by atomic mass is 9.93. The molecule has 55 heavy (non-hydrogen) atoms. The second kappa shape index (κ2) is 12.9. The number of fused-ring (bicyclic) bond motifs is 7. The Labute approximate surface area is 322 Å². The van der Waals surface area contributed by atoms with Crippen molar-refractivity contribution in [3.8, 4) is 33.4 Å². The fraction of sp³-hybridized carbons (Fsp3) is 0. The molecule has 3 heteroatoms. The summed E-state index contributed by atoms with van der Waals surface area (Å²) in [6.45, 7) is 0. The molecule has 0 aliphatic rings. The number of anilines is 3. The molecule has 0 fully saturated rings. The molecule has 0 atom stereocenters. The van der Waals surface area contributed by atoms with Crippen molar-refractivity contribution < 1.29 is 4.42 Å². The van der Waals surface area contributed by atoms with Crippen LogP contribution in [0.4, 0.5) is 17.1 Å². The summed E-state index contributed by atoms with van der Waals surface area (Å²) < 4.78 is 9.21. The van der Waals surface area contributed by atoms with Crippen LogP contribution in [-0.4, -0.2) is 0 Å². The van der Waals surface area contributed by atoms with E-state index in [2.05, 4.69) is 199 Å². The average Bonchev–Trinajstić information content (AvgIpc) is 3.82. The first-order chi connectivity index (χ1) is 27.2. The van der Waals surface area contributed by atoms with Crippen LogP contribution in [0.3, 0.4) is 0 Å². The first-order valence-electron chi connectivity index (χ1n) is 18.7. The Hall–Kier alpha value is -6.94. The van der Waals surface area contributed by atoms with E-state index in [1.165, 1.54) is 47.6 Å². The molecule has 0 amide bonds. The summed E-state index contributed by atoms with van der Waals surface area (Å²) in [6, 6.07) is 72.3. The maximum atomic E-state index is 6.64. The Morgan fingerprint density at radius 2 is 0.964 bits per heavy atom. The van der Waals surface area contributed by atoms with Crippen molar-refractivity contribution in [2.75, 3.05) is 4.90 Å². The number of thiophene rings is 1. The van der Waals surface area contributed by atoms with Crippen molar-refractivity contribution in [1.29, 1.82) is 0 Å². The molecule has 9 aromatic carbocycles. The van der Waals surface area contributed by atoms with Crippen LogP contribution in [0.5, 0.6) is 0 Å². The van der Waals surface area contributed by atoms with Gasteiger partial charge in [-0.25, -0.2) is 0 Å². The number of hydrogen-bond donors (Lipinski definition) is 0. The Morgan fingerprint density at radius 3 is 1.84 bits per heavy atom. The van der Waals surface area contributed by atoms with Crippen LogP contribution in [0.1, 0.15) is 0 Å². The van der Waals surface area contributed by atoms with Crippen LogP contribution >= 0.6 is 11.3 Å². The second-order valence-corrected chi connectivity index (χ2v) is 15.2. The van der Waals surface area contributed by atoms with Gasteiger partial charge in [-0.3, -0.25) is 0 Å². The molecular weight excluding hydrogens is 687 g/mol. The molecule has 11 aromatic rings. The Bertz CT molecular complexity index is 3200. The molecule has 0 aliphatic heterocycles. The summed E-state index contributed by atoms with van der Waals surface area (Å²) >= 11 is 1.85. The molecule has 0 bridgehead atoms. The topological polar surface area (TPSA) is 16.4 Å². The average molecular weight is 720 g/mol. The Balaban J connectivity index is 1.18. The standard InChI is InChI=1S/C52H33NOS/c1-2-12-34(13-3-1)35-24-26-39(27-25-35)53(40-28-29-47-46-18-7-9-23-50(46)55-51(47)33-40)41-31-37(43-19-10-15-36-14-4-5-16-42(36)43)30-38(32-41)44-20-11-21-48-45-17-6-8-22-49(45)54-52(44)48/h1-33H. The van der Waals surface area contributed by atoms with E-state index in [4.69, 9.17) is 4.42 Å². The number of benzene rings is 9. The van der Waals surface area contributed by atoms with Gasteiger partial charge in [0.15, 0.2) is 0 Å². The first-order valence-corrected chi connectivity index (χ1v) is 19.5. The summed E-state index contributed by atoms with van der Waals surface area (Å²) in [4.78, 5) is 2.41. The number of para-hydroxylation sites is 2. The number of rotatable bonds is 6. The van der Waals surface area contributed by atoms with E-state index in [1.807, 2.05) is 17.4 Å². The van der Waals surface area contributed by atoms with Gasteiger partial charge >= 0.3 is 0 Å². The quantitative estimate of drug-likeness (QED) is 0.170. The lowest BCUT2D eigenvalue weighted by Gasteiger charge is -2.27. The molecule has 0 unspecified atom stereocenters. The fourth-order valence-corrected chi connectivity index (χ4v) is 9.38. The normalized spacial score (nSPS) is 11.6. The molecule has 2 heterocycles. The van der Waals surface area contributed by atoms with Crippen molar-refractivity contribution in [2.45, 2.75) is 0 Å². The van der Waals surface area contributed by atoms with Crippen LogP contribution in [0.15, 0.2) is 205 Å². The molecule has 0 radical (unpaired) electrons. The zero-order valence-corrected chi connectivity index (χ0v) is 30.6. The maximum absolute atomic E-state index is 6.64. The van der Waals surface area contributed by atoms with Gasteiger partial charge in [-0.15, -0.1) is 11.3 Å². The van der Waals surface area contributed by atoms with Gasteiger partial charge < -0.3 is 9.32 Å². The van der Waals surface area contributed by atoms with Crippen molar-refractivity contribution in [3.63, 3.8) is 0 Å². The zero-order chi connectivity index (χ0) is 36.3. The summed E-state index contributed by atoms with van der Waals surface area (Å²) in [5.74, 6) is 0. The molecular formula is C52H33NOS. The highest BCUT2D eigenvalue weighted by molar-refractivity contribution is 7.25. The van der Waals surface area contributed by atoms with Gasteiger partial charge in [0.05, 0.1) is 0 Å². The Kier molecular flexibility index (Phi) is 7.39. The van der Waals surface area contributed by atoms with Crippen LogP contribution in [0.2, 0.25) is 0 Å². The summed E-state index contributed by atoms with van der Waals surface area (Å²) in [7, 11) is 0. The number of nitrogens with zero attached hydrogens (tertiary/aromatic N) is 1. The van der Waals surface area contributed by atoms with Crippen LogP contribution in [-0.2, 0) is 0 Å². The largest absolute Gasteiger partial charge is 0.455 e. The molecule has 258 valence electrons. The second-order valence-electron chi connectivity index (χ2n) is 14.1. The third-order valence-corrected chi connectivity index (χ3v) is 12.0. The van der Waals surface area contributed by atoms with Gasteiger partial charge in [0, 0.05) is 53.6 Å². The lowest BCUT2D eigenvalue weighted by molar-refractivity contribution is 0.670. The van der Waals surface area contributed by atoms with Crippen LogP contribution in [0, 0.1) is 0 Å². The molecule has 0 N–H and O–H groups in total. The van der Waals surface area contributed by atoms with E-state index in [0.717, 1.165) is 55.7 Å². The molecule has 2 aromatic heterocycles. The van der Waals surface area contributed by atoms with Crippen molar-refractivity contribution in [3.05, 3.63) is 200 Å². The minimum atomic E-state index is 0.896. The fourth-order valence-electron chi connectivity index (χ4n) is 8.24. The predicted octanol–water partition coefficient (Wildman–Crippen LogP) is 15.6. The molecule has 0 saturated carbocycles. The minimum Gasteiger partial charge on any atom is -0.455 e. The van der Waals surface area contributed by atoms with Crippen molar-refractivity contribution in [2.24, 2.45) is 0 Å². The van der Waals surface area contributed by atoms with Gasteiger partial charge in [0.2, 0.25) is 0 Å². The monoisotopic (exact) mass is 719 g/mol. The molecule has 0 spiro atoms. The summed E-state index contributed by atoms with van der Waals surface area (Å²) in [5, 5.41) is 7.27. The summed E-state index contributed by atoms with van der Waals surface area (Å²) in [5.41, 5.74) is 11.9. The summed E-state index contributed by atoms with van der Waals surface area (Å²) in [6.07, 6.45) is 0. The van der Waals surface area contributed by atoms with Crippen molar-refractivity contribution in [1.82, 2.24) is 0 Å². The number of hydrogen-bond acceptors (Lipinski definition) is 3. The first kappa shape index (κ1) is 31.6. The highest BCUT2D eigenvalue weighted by Crippen LogP contribution is 2.45. The van der Waals surface area contributed by atoms with Gasteiger partial charge in [-0.1, -0.05) is 146 Å². The van der Waals surface area contributed by atoms with Gasteiger partial charge in [0.1, 0.15) is 11.2 Å². The third-order valence-electron chi connectivity index (χ3n) is 10.8. The van der Waals surface area contributed by atoms with E-state index in [0.29, 0.717) is 0 Å². The van der Waals surface area contributed by atoms with Crippen molar-refractivity contribution >= 4 is 81.3 Å². The van der Waals surface area contributed by atoms with E-state index in [1.54, 1.807) is 0 Å².